The summed E-state index contributed by atoms with van der Waals surface area (Å²) < 4.78 is 5.77. The number of aliphatic hydroxyl groups excluding tert-OH is 1. The van der Waals surface area contributed by atoms with Gasteiger partial charge in [-0.2, -0.15) is 4.98 Å². The van der Waals surface area contributed by atoms with Crippen LogP contribution in [-0.2, 0) is 0 Å². The van der Waals surface area contributed by atoms with Gasteiger partial charge < -0.3 is 20.9 Å². The highest BCUT2D eigenvalue weighted by Crippen LogP contribution is 2.37. The minimum atomic E-state index is -0.336. The van der Waals surface area contributed by atoms with Crippen molar-refractivity contribution >= 4 is 11.5 Å². The molecule has 0 spiro atoms. The van der Waals surface area contributed by atoms with Crippen LogP contribution in [0.5, 0.6) is 5.88 Å². The van der Waals surface area contributed by atoms with E-state index in [1.54, 1.807) is 6.07 Å². The third kappa shape index (κ3) is 4.24. The maximum atomic E-state index is 9.64. The summed E-state index contributed by atoms with van der Waals surface area (Å²) in [7, 11) is 0. The van der Waals surface area contributed by atoms with Crippen molar-refractivity contribution in [1.82, 2.24) is 4.98 Å². The van der Waals surface area contributed by atoms with E-state index in [0.29, 0.717) is 11.6 Å². The first-order valence-electron chi connectivity index (χ1n) is 7.64. The van der Waals surface area contributed by atoms with Crippen LogP contribution >= 0.6 is 0 Å². The van der Waals surface area contributed by atoms with Crippen LogP contribution in [0.15, 0.2) is 12.1 Å². The number of rotatable bonds is 5. The van der Waals surface area contributed by atoms with Crippen molar-refractivity contribution in [2.24, 2.45) is 5.41 Å². The van der Waals surface area contributed by atoms with Crippen molar-refractivity contribution in [3.05, 3.63) is 12.1 Å². The molecule has 5 nitrogen and oxygen atoms in total. The van der Waals surface area contributed by atoms with Gasteiger partial charge >= 0.3 is 0 Å². The zero-order chi connectivity index (χ0) is 15.5. The number of ether oxygens (including phenoxy) is 1. The van der Waals surface area contributed by atoms with E-state index in [-0.39, 0.29) is 17.6 Å². The molecule has 2 rings (SSSR count). The van der Waals surface area contributed by atoms with Gasteiger partial charge in [-0.25, -0.2) is 0 Å². The van der Waals surface area contributed by atoms with Gasteiger partial charge in [0.1, 0.15) is 11.4 Å². The fourth-order valence-corrected chi connectivity index (χ4v) is 2.72. The molecule has 21 heavy (non-hydrogen) atoms. The normalized spacial score (nSPS) is 17.7. The van der Waals surface area contributed by atoms with E-state index in [1.807, 2.05) is 26.8 Å². The second-order valence-electron chi connectivity index (χ2n) is 7.02. The van der Waals surface area contributed by atoms with Crippen molar-refractivity contribution in [3.8, 4) is 5.88 Å². The van der Waals surface area contributed by atoms with Crippen LogP contribution in [0.2, 0.25) is 0 Å². The molecule has 0 amide bonds. The van der Waals surface area contributed by atoms with Gasteiger partial charge in [0.05, 0.1) is 12.3 Å². The number of hydrogen-bond donors (Lipinski definition) is 3. The highest BCUT2D eigenvalue weighted by Gasteiger charge is 2.33. The van der Waals surface area contributed by atoms with Crippen molar-refractivity contribution in [2.75, 3.05) is 24.2 Å². The number of nitrogens with zero attached hydrogens (tertiary/aromatic N) is 1. The standard InChI is InChI=1S/C16H27N3O2/c1-15(2,3)21-14-12(17)6-7-13(19-14)18-10-16(11-20)8-4-5-9-16/h6-7,20H,4-5,8-11,17H2,1-3H3,(H,18,19). The molecule has 118 valence electrons. The van der Waals surface area contributed by atoms with E-state index in [9.17, 15) is 5.11 Å². The molecule has 0 saturated heterocycles. The van der Waals surface area contributed by atoms with Crippen LogP contribution in [0.4, 0.5) is 11.5 Å². The molecule has 1 aliphatic carbocycles. The summed E-state index contributed by atoms with van der Waals surface area (Å²) in [6, 6.07) is 3.65. The van der Waals surface area contributed by atoms with E-state index in [1.165, 1.54) is 12.8 Å². The maximum Gasteiger partial charge on any atom is 0.239 e. The zero-order valence-corrected chi connectivity index (χ0v) is 13.3. The number of nitrogen functional groups attached to an aromatic ring is 1. The summed E-state index contributed by atoms with van der Waals surface area (Å²) in [5.74, 6) is 1.19. The van der Waals surface area contributed by atoms with Gasteiger partial charge in [0.25, 0.3) is 0 Å². The Kier molecular flexibility index (Phi) is 4.61. The molecule has 0 aliphatic heterocycles. The highest BCUT2D eigenvalue weighted by atomic mass is 16.5. The molecule has 1 aromatic rings. The zero-order valence-electron chi connectivity index (χ0n) is 13.3. The Bertz CT molecular complexity index is 477. The molecule has 5 heteroatoms. The lowest BCUT2D eigenvalue weighted by Crippen LogP contribution is -2.31. The van der Waals surface area contributed by atoms with E-state index in [0.717, 1.165) is 25.2 Å². The molecule has 1 fully saturated rings. The molecule has 1 heterocycles. The molecule has 0 radical (unpaired) electrons. The summed E-state index contributed by atoms with van der Waals surface area (Å²) in [5, 5.41) is 13.0. The highest BCUT2D eigenvalue weighted by molar-refractivity contribution is 5.53. The summed E-state index contributed by atoms with van der Waals surface area (Å²) in [5.41, 5.74) is 6.11. The van der Waals surface area contributed by atoms with E-state index in [2.05, 4.69) is 10.3 Å². The monoisotopic (exact) mass is 293 g/mol. The number of anilines is 2. The predicted octanol–water partition coefficient (Wildman–Crippen LogP) is 2.81. The Morgan fingerprint density at radius 1 is 1.33 bits per heavy atom. The lowest BCUT2D eigenvalue weighted by molar-refractivity contribution is 0.125. The number of hydrogen-bond acceptors (Lipinski definition) is 5. The minimum Gasteiger partial charge on any atom is -0.470 e. The SMILES string of the molecule is CC(C)(C)Oc1nc(NCC2(CO)CCCC2)ccc1N. The van der Waals surface area contributed by atoms with Crippen molar-refractivity contribution in [3.63, 3.8) is 0 Å². The van der Waals surface area contributed by atoms with Crippen LogP contribution in [0.1, 0.15) is 46.5 Å². The first-order valence-corrected chi connectivity index (χ1v) is 7.64. The lowest BCUT2D eigenvalue weighted by Gasteiger charge is -2.27. The fraction of sp³-hybridized carbons (Fsp3) is 0.688. The second-order valence-corrected chi connectivity index (χ2v) is 7.02. The fourth-order valence-electron chi connectivity index (χ4n) is 2.72. The van der Waals surface area contributed by atoms with Crippen LogP contribution < -0.4 is 15.8 Å². The lowest BCUT2D eigenvalue weighted by atomic mass is 9.87. The number of pyridine rings is 1. The van der Waals surface area contributed by atoms with E-state index in [4.69, 9.17) is 10.5 Å². The van der Waals surface area contributed by atoms with Gasteiger partial charge in [0.15, 0.2) is 0 Å². The molecule has 1 saturated carbocycles. The molecule has 0 aromatic carbocycles. The van der Waals surface area contributed by atoms with Gasteiger partial charge in [0.2, 0.25) is 5.88 Å². The Morgan fingerprint density at radius 2 is 2.00 bits per heavy atom. The third-order valence-electron chi connectivity index (χ3n) is 3.94. The van der Waals surface area contributed by atoms with Crippen molar-refractivity contribution < 1.29 is 9.84 Å². The molecule has 1 aromatic heterocycles. The quantitative estimate of drug-likeness (QED) is 0.778. The van der Waals surface area contributed by atoms with Crippen LogP contribution in [0.3, 0.4) is 0 Å². The Labute approximate surface area is 126 Å². The maximum absolute atomic E-state index is 9.64. The number of nitrogens with one attached hydrogen (secondary N) is 1. The van der Waals surface area contributed by atoms with Crippen molar-refractivity contribution in [2.45, 2.75) is 52.1 Å². The molecule has 4 N–H and O–H groups in total. The molecular formula is C16H27N3O2. The van der Waals surface area contributed by atoms with E-state index >= 15 is 0 Å². The average molecular weight is 293 g/mol. The van der Waals surface area contributed by atoms with E-state index < -0.39 is 0 Å². The minimum absolute atomic E-state index is 0.00584. The van der Waals surface area contributed by atoms with Gasteiger partial charge in [0, 0.05) is 12.0 Å². The first kappa shape index (κ1) is 15.9. The van der Waals surface area contributed by atoms with Crippen LogP contribution in [-0.4, -0.2) is 28.8 Å². The average Bonchev–Trinajstić information content (AvgIpc) is 2.88. The van der Waals surface area contributed by atoms with Crippen molar-refractivity contribution in [1.29, 1.82) is 0 Å². The second kappa shape index (κ2) is 6.10. The molecule has 0 unspecified atom stereocenters. The Morgan fingerprint density at radius 3 is 2.57 bits per heavy atom. The molecule has 1 aliphatic rings. The smallest absolute Gasteiger partial charge is 0.239 e. The summed E-state index contributed by atoms with van der Waals surface area (Å²) in [4.78, 5) is 4.44. The summed E-state index contributed by atoms with van der Waals surface area (Å²) in [6.07, 6.45) is 4.51. The summed E-state index contributed by atoms with van der Waals surface area (Å²) >= 11 is 0. The Balaban J connectivity index is 2.05. The predicted molar refractivity (Wildman–Crippen MR) is 85.5 cm³/mol. The number of aliphatic hydroxyl groups is 1. The van der Waals surface area contributed by atoms with Crippen LogP contribution in [0, 0.1) is 5.41 Å². The number of nitrogens with two attached hydrogens (primary N) is 1. The topological polar surface area (TPSA) is 80.4 Å². The van der Waals surface area contributed by atoms with Gasteiger partial charge in [-0.3, -0.25) is 0 Å². The Hall–Kier alpha value is -1.49. The first-order chi connectivity index (χ1) is 9.84. The van der Waals surface area contributed by atoms with Gasteiger partial charge in [-0.15, -0.1) is 0 Å². The number of aromatic nitrogens is 1. The molecule has 0 bridgehead atoms. The molecule has 0 atom stereocenters. The third-order valence-corrected chi connectivity index (χ3v) is 3.94. The molecular weight excluding hydrogens is 266 g/mol. The van der Waals surface area contributed by atoms with Gasteiger partial charge in [-0.05, 0) is 45.7 Å². The van der Waals surface area contributed by atoms with Crippen LogP contribution in [0.25, 0.3) is 0 Å². The van der Waals surface area contributed by atoms with Gasteiger partial charge in [-0.1, -0.05) is 12.8 Å². The largest absolute Gasteiger partial charge is 0.470 e. The summed E-state index contributed by atoms with van der Waals surface area (Å²) in [6.45, 7) is 6.85.